The number of benzene rings is 1. The second kappa shape index (κ2) is 9.38. The molecular formula is C22H26BN5O4. The minimum absolute atomic E-state index is 0.0711. The van der Waals surface area contributed by atoms with Crippen molar-refractivity contribution < 1.29 is 19.0 Å². The van der Waals surface area contributed by atoms with Crippen LogP contribution >= 0.6 is 0 Å². The van der Waals surface area contributed by atoms with Crippen LogP contribution in [0, 0.1) is 5.92 Å². The highest BCUT2D eigenvalue weighted by atomic mass is 16.5. The molecule has 0 unspecified atom stereocenters. The third kappa shape index (κ3) is 4.17. The van der Waals surface area contributed by atoms with E-state index in [1.165, 1.54) is 7.11 Å². The molecule has 10 heteroatoms. The lowest BCUT2D eigenvalue weighted by Gasteiger charge is -2.31. The molecule has 32 heavy (non-hydrogen) atoms. The summed E-state index contributed by atoms with van der Waals surface area (Å²) < 4.78 is 17.6. The van der Waals surface area contributed by atoms with Crippen LogP contribution in [0.3, 0.4) is 0 Å². The summed E-state index contributed by atoms with van der Waals surface area (Å²) in [4.78, 5) is 23.1. The molecule has 2 aromatic heterocycles. The lowest BCUT2D eigenvalue weighted by atomic mass is 9.97. The minimum atomic E-state index is -0.151. The van der Waals surface area contributed by atoms with Crippen molar-refractivity contribution in [2.45, 2.75) is 19.4 Å². The van der Waals surface area contributed by atoms with Crippen molar-refractivity contribution in [1.29, 1.82) is 0 Å². The van der Waals surface area contributed by atoms with Gasteiger partial charge in [0.2, 0.25) is 5.95 Å². The molecule has 3 heterocycles. The van der Waals surface area contributed by atoms with Crippen LogP contribution < -0.4 is 25.3 Å². The van der Waals surface area contributed by atoms with Gasteiger partial charge in [0.05, 0.1) is 27.2 Å². The van der Waals surface area contributed by atoms with E-state index in [9.17, 15) is 4.79 Å². The Kier molecular flexibility index (Phi) is 6.39. The highest BCUT2D eigenvalue weighted by Gasteiger charge is 2.28. The Morgan fingerprint density at radius 3 is 2.69 bits per heavy atom. The fourth-order valence-corrected chi connectivity index (χ4v) is 4.06. The van der Waals surface area contributed by atoms with Crippen molar-refractivity contribution in [3.05, 3.63) is 36.2 Å². The molecule has 0 saturated carbocycles. The van der Waals surface area contributed by atoms with Gasteiger partial charge in [-0.2, -0.15) is 0 Å². The largest absolute Gasteiger partial charge is 0.497 e. The summed E-state index contributed by atoms with van der Waals surface area (Å²) in [5.74, 6) is 2.60. The zero-order valence-electron chi connectivity index (χ0n) is 18.5. The molecule has 1 aliphatic heterocycles. The summed E-state index contributed by atoms with van der Waals surface area (Å²) in [5.41, 5.74) is 2.07. The monoisotopic (exact) mass is 435 g/mol. The number of nitrogens with zero attached hydrogens (tertiary/aromatic N) is 4. The molecule has 1 N–H and O–H groups in total. The standard InChI is InChI=1S/C22H26BN5O4/c1-30-16-5-4-15(17(12-16)31-2)13-25-20-18-19(23)26-22(28(18)11-8-24-20)27-9-6-14(7-10-27)21(29)32-3/h4-5,8,11-12,14H,6-7,9-10,13H2,1-3H3,(H,24,25). The summed E-state index contributed by atoms with van der Waals surface area (Å²) >= 11 is 0. The number of piperidine rings is 1. The molecule has 0 bridgehead atoms. The van der Waals surface area contributed by atoms with E-state index >= 15 is 0 Å². The minimum Gasteiger partial charge on any atom is -0.497 e. The normalized spacial score (nSPS) is 14.4. The van der Waals surface area contributed by atoms with E-state index in [2.05, 4.69) is 20.2 Å². The highest BCUT2D eigenvalue weighted by molar-refractivity contribution is 6.36. The fraction of sp³-hybridized carbons (Fsp3) is 0.409. The molecule has 1 aromatic carbocycles. The number of fused-ring (bicyclic) bond motifs is 1. The van der Waals surface area contributed by atoms with E-state index in [1.54, 1.807) is 20.4 Å². The number of esters is 1. The third-order valence-corrected chi connectivity index (χ3v) is 5.82. The van der Waals surface area contributed by atoms with Gasteiger partial charge in [-0.3, -0.25) is 9.20 Å². The van der Waals surface area contributed by atoms with Crippen LogP contribution in [0.1, 0.15) is 18.4 Å². The number of ether oxygens (including phenoxy) is 3. The zero-order chi connectivity index (χ0) is 22.7. The van der Waals surface area contributed by atoms with Gasteiger partial charge in [-0.1, -0.05) is 0 Å². The molecule has 2 radical (unpaired) electrons. The summed E-state index contributed by atoms with van der Waals surface area (Å²) in [6, 6.07) is 5.67. The first kappa shape index (κ1) is 21.8. The number of methoxy groups -OCH3 is 3. The van der Waals surface area contributed by atoms with Crippen LogP contribution in [0.25, 0.3) is 5.52 Å². The smallest absolute Gasteiger partial charge is 0.308 e. The maximum Gasteiger partial charge on any atom is 0.308 e. The van der Waals surface area contributed by atoms with Crippen molar-refractivity contribution in [2.24, 2.45) is 5.92 Å². The molecule has 0 atom stereocenters. The number of rotatable bonds is 7. The van der Waals surface area contributed by atoms with Crippen LogP contribution in [-0.2, 0) is 16.1 Å². The Morgan fingerprint density at radius 1 is 1.22 bits per heavy atom. The topological polar surface area (TPSA) is 90.2 Å². The molecule has 166 valence electrons. The van der Waals surface area contributed by atoms with Crippen molar-refractivity contribution >= 4 is 36.7 Å². The molecule has 9 nitrogen and oxygen atoms in total. The van der Waals surface area contributed by atoms with Gasteiger partial charge in [0, 0.05) is 49.3 Å². The average Bonchev–Trinajstić information content (AvgIpc) is 3.19. The molecular weight excluding hydrogens is 409 g/mol. The van der Waals surface area contributed by atoms with Gasteiger partial charge in [-0.25, -0.2) is 9.97 Å². The summed E-state index contributed by atoms with van der Waals surface area (Å²) in [5, 5.41) is 3.35. The summed E-state index contributed by atoms with van der Waals surface area (Å²) in [7, 11) is 11.0. The number of carbonyl (C=O) groups excluding carboxylic acids is 1. The first-order valence-corrected chi connectivity index (χ1v) is 10.5. The van der Waals surface area contributed by atoms with Gasteiger partial charge >= 0.3 is 5.97 Å². The Morgan fingerprint density at radius 2 is 2.00 bits per heavy atom. The van der Waals surface area contributed by atoms with Gasteiger partial charge in [0.1, 0.15) is 24.9 Å². The molecule has 0 spiro atoms. The van der Waals surface area contributed by atoms with Gasteiger partial charge in [0.25, 0.3) is 0 Å². The van der Waals surface area contributed by atoms with E-state index < -0.39 is 0 Å². The number of aromatic nitrogens is 3. The Balaban J connectivity index is 1.55. The van der Waals surface area contributed by atoms with E-state index in [4.69, 9.17) is 22.1 Å². The Labute approximate surface area is 188 Å². The third-order valence-electron chi connectivity index (χ3n) is 5.82. The number of anilines is 2. The molecule has 1 aliphatic rings. The molecule has 0 aliphatic carbocycles. The van der Waals surface area contributed by atoms with Crippen LogP contribution in [0.4, 0.5) is 11.8 Å². The molecule has 3 aromatic rings. The van der Waals surface area contributed by atoms with Crippen molar-refractivity contribution in [3.63, 3.8) is 0 Å². The summed E-state index contributed by atoms with van der Waals surface area (Å²) in [6.45, 7) is 1.89. The maximum atomic E-state index is 11.8. The first-order chi connectivity index (χ1) is 15.5. The molecule has 0 amide bonds. The quantitative estimate of drug-likeness (QED) is 0.442. The zero-order valence-corrected chi connectivity index (χ0v) is 18.5. The van der Waals surface area contributed by atoms with E-state index in [0.717, 1.165) is 35.9 Å². The molecule has 1 fully saturated rings. The lowest BCUT2D eigenvalue weighted by Crippen LogP contribution is -2.37. The van der Waals surface area contributed by atoms with Crippen LogP contribution in [0.15, 0.2) is 30.6 Å². The van der Waals surface area contributed by atoms with Gasteiger partial charge < -0.3 is 24.4 Å². The van der Waals surface area contributed by atoms with Gasteiger partial charge in [0.15, 0.2) is 5.82 Å². The van der Waals surface area contributed by atoms with Crippen molar-refractivity contribution in [2.75, 3.05) is 44.6 Å². The predicted octanol–water partition coefficient (Wildman–Crippen LogP) is 1.54. The van der Waals surface area contributed by atoms with Crippen molar-refractivity contribution in [3.8, 4) is 11.5 Å². The van der Waals surface area contributed by atoms with E-state index in [1.807, 2.05) is 28.8 Å². The van der Waals surface area contributed by atoms with E-state index in [-0.39, 0.29) is 11.9 Å². The Bertz CT molecular complexity index is 1110. The second-order valence-electron chi connectivity index (χ2n) is 7.61. The first-order valence-electron chi connectivity index (χ1n) is 10.5. The number of hydrogen-bond donors (Lipinski definition) is 1. The maximum absolute atomic E-state index is 11.8. The van der Waals surface area contributed by atoms with E-state index in [0.29, 0.717) is 36.6 Å². The van der Waals surface area contributed by atoms with Gasteiger partial charge in [-0.05, 0) is 25.0 Å². The average molecular weight is 435 g/mol. The van der Waals surface area contributed by atoms with Crippen LogP contribution in [0.2, 0.25) is 0 Å². The second-order valence-corrected chi connectivity index (χ2v) is 7.61. The SMILES string of the molecule is [B]c1nc(N2CCC(C(=O)OC)CC2)n2ccnc(NCc3ccc(OC)cc3OC)c12. The number of hydrogen-bond acceptors (Lipinski definition) is 8. The number of carbonyl (C=O) groups is 1. The Hall–Kier alpha value is -3.43. The summed E-state index contributed by atoms with van der Waals surface area (Å²) in [6.07, 6.45) is 5.00. The number of nitrogens with one attached hydrogen (secondary N) is 1. The van der Waals surface area contributed by atoms with Crippen LogP contribution in [-0.4, -0.2) is 62.6 Å². The number of imidazole rings is 1. The van der Waals surface area contributed by atoms with Crippen molar-refractivity contribution in [1.82, 2.24) is 14.4 Å². The van der Waals surface area contributed by atoms with Crippen LogP contribution in [0.5, 0.6) is 11.5 Å². The highest BCUT2D eigenvalue weighted by Crippen LogP contribution is 2.27. The predicted molar refractivity (Wildman–Crippen MR) is 122 cm³/mol. The fourth-order valence-electron chi connectivity index (χ4n) is 4.06. The molecule has 1 saturated heterocycles. The lowest BCUT2D eigenvalue weighted by molar-refractivity contribution is -0.146. The van der Waals surface area contributed by atoms with Gasteiger partial charge in [-0.15, -0.1) is 0 Å². The molecule has 4 rings (SSSR count).